The van der Waals surface area contributed by atoms with E-state index in [1.54, 1.807) is 12.1 Å². The van der Waals surface area contributed by atoms with Gasteiger partial charge in [0.05, 0.1) is 0 Å². The number of carbonyl (C=O) groups is 1. The highest BCUT2D eigenvalue weighted by molar-refractivity contribution is 7.80. The number of nitrogens with zero attached hydrogens (tertiary/aromatic N) is 1. The fraction of sp³-hybridized carbons (Fsp3) is 0.250. The number of amides is 1. The lowest BCUT2D eigenvalue weighted by molar-refractivity contribution is 0.0951. The van der Waals surface area contributed by atoms with E-state index in [9.17, 15) is 4.79 Å². The Kier molecular flexibility index (Phi) is 6.90. The molecular formula is C24H27N3O2S. The Morgan fingerprint density at radius 3 is 2.30 bits per heavy atom. The summed E-state index contributed by atoms with van der Waals surface area (Å²) in [6, 6.07) is 17.5. The van der Waals surface area contributed by atoms with Gasteiger partial charge in [-0.05, 0) is 93.5 Å². The second-order valence-corrected chi connectivity index (χ2v) is 7.50. The molecule has 0 bridgehead atoms. The third kappa shape index (κ3) is 5.07. The molecule has 0 aliphatic rings. The van der Waals surface area contributed by atoms with Crippen molar-refractivity contribution in [1.29, 1.82) is 0 Å². The van der Waals surface area contributed by atoms with Crippen molar-refractivity contribution >= 4 is 34.6 Å². The van der Waals surface area contributed by atoms with E-state index in [0.29, 0.717) is 5.76 Å². The molecule has 0 saturated carbocycles. The number of rotatable bonds is 6. The van der Waals surface area contributed by atoms with Gasteiger partial charge in [0, 0.05) is 30.0 Å². The fourth-order valence-electron chi connectivity index (χ4n) is 3.18. The number of anilines is 2. The first-order valence-electron chi connectivity index (χ1n) is 10.1. The maximum absolute atomic E-state index is 12.5. The normalized spacial score (nSPS) is 10.5. The molecule has 1 heterocycles. The quantitative estimate of drug-likeness (QED) is 0.512. The van der Waals surface area contributed by atoms with Gasteiger partial charge in [-0.1, -0.05) is 12.1 Å². The smallest absolute Gasteiger partial charge is 0.293 e. The maximum atomic E-state index is 12.5. The van der Waals surface area contributed by atoms with Crippen molar-refractivity contribution in [3.8, 4) is 11.3 Å². The summed E-state index contributed by atoms with van der Waals surface area (Å²) in [5, 5.41) is 5.93. The third-order valence-electron chi connectivity index (χ3n) is 5.10. The van der Waals surface area contributed by atoms with Gasteiger partial charge in [-0.15, -0.1) is 0 Å². The minimum absolute atomic E-state index is 0.212. The summed E-state index contributed by atoms with van der Waals surface area (Å²) < 4.78 is 5.74. The van der Waals surface area contributed by atoms with E-state index in [1.807, 2.05) is 49.4 Å². The van der Waals surface area contributed by atoms with E-state index >= 15 is 0 Å². The molecule has 2 aromatic carbocycles. The Morgan fingerprint density at radius 2 is 1.67 bits per heavy atom. The van der Waals surface area contributed by atoms with Crippen LogP contribution in [0.5, 0.6) is 0 Å². The monoisotopic (exact) mass is 421 g/mol. The number of aryl methyl sites for hydroxylation is 2. The van der Waals surface area contributed by atoms with Gasteiger partial charge in [-0.3, -0.25) is 10.1 Å². The molecule has 0 unspecified atom stereocenters. The second kappa shape index (κ2) is 9.59. The van der Waals surface area contributed by atoms with Gasteiger partial charge in [-0.25, -0.2) is 0 Å². The van der Waals surface area contributed by atoms with Crippen LogP contribution in [0.15, 0.2) is 59.0 Å². The fourth-order valence-corrected chi connectivity index (χ4v) is 3.39. The average Bonchev–Trinajstić information content (AvgIpc) is 3.22. The number of hydrogen-bond acceptors (Lipinski definition) is 4. The summed E-state index contributed by atoms with van der Waals surface area (Å²) in [7, 11) is 0. The molecule has 3 aromatic rings. The van der Waals surface area contributed by atoms with Crippen LogP contribution in [0.2, 0.25) is 0 Å². The largest absolute Gasteiger partial charge is 0.451 e. The summed E-state index contributed by atoms with van der Waals surface area (Å²) in [6.07, 6.45) is 0. The predicted octanol–water partition coefficient (Wildman–Crippen LogP) is 5.54. The lowest BCUT2D eigenvalue weighted by Gasteiger charge is -2.21. The molecule has 6 heteroatoms. The van der Waals surface area contributed by atoms with Gasteiger partial charge in [-0.2, -0.15) is 0 Å². The molecule has 1 amide bonds. The Morgan fingerprint density at radius 1 is 0.967 bits per heavy atom. The standard InChI is InChI=1S/C24H27N3O2S/c1-5-27(6-2)20-11-9-19(10-12-20)25-24(30)26-23(28)22-14-13-21(29-22)18-8-7-16(3)17(4)15-18/h7-15H,5-6H2,1-4H3,(H2,25,26,28,30). The zero-order valence-corrected chi connectivity index (χ0v) is 18.6. The molecule has 0 aliphatic carbocycles. The van der Waals surface area contributed by atoms with Crippen LogP contribution in [-0.4, -0.2) is 24.1 Å². The number of hydrogen-bond donors (Lipinski definition) is 2. The number of furan rings is 1. The summed E-state index contributed by atoms with van der Waals surface area (Å²) in [5.74, 6) is 0.473. The van der Waals surface area contributed by atoms with E-state index in [0.717, 1.165) is 30.0 Å². The number of thiocarbonyl (C=S) groups is 1. The van der Waals surface area contributed by atoms with Gasteiger partial charge in [0.15, 0.2) is 10.9 Å². The van der Waals surface area contributed by atoms with Crippen LogP contribution in [0.4, 0.5) is 11.4 Å². The lowest BCUT2D eigenvalue weighted by Crippen LogP contribution is -2.33. The van der Waals surface area contributed by atoms with E-state index in [4.69, 9.17) is 16.6 Å². The highest BCUT2D eigenvalue weighted by Crippen LogP contribution is 2.24. The van der Waals surface area contributed by atoms with Crippen LogP contribution in [0.1, 0.15) is 35.5 Å². The summed E-state index contributed by atoms with van der Waals surface area (Å²) in [5.41, 5.74) is 5.28. The van der Waals surface area contributed by atoms with Crippen molar-refractivity contribution in [3.63, 3.8) is 0 Å². The SMILES string of the molecule is CCN(CC)c1ccc(NC(=S)NC(=O)c2ccc(-c3ccc(C)c(C)c3)o2)cc1. The Bertz CT molecular complexity index is 1040. The van der Waals surface area contributed by atoms with Crippen LogP contribution in [0.25, 0.3) is 11.3 Å². The lowest BCUT2D eigenvalue weighted by atomic mass is 10.1. The number of benzene rings is 2. The minimum Gasteiger partial charge on any atom is -0.451 e. The van der Waals surface area contributed by atoms with Gasteiger partial charge in [0.2, 0.25) is 0 Å². The van der Waals surface area contributed by atoms with E-state index in [1.165, 1.54) is 11.1 Å². The molecule has 3 rings (SSSR count). The van der Waals surface area contributed by atoms with Crippen molar-refractivity contribution in [2.75, 3.05) is 23.3 Å². The summed E-state index contributed by atoms with van der Waals surface area (Å²) in [6.45, 7) is 10.3. The molecule has 0 radical (unpaired) electrons. The molecular weight excluding hydrogens is 394 g/mol. The first kappa shape index (κ1) is 21.6. The first-order valence-corrected chi connectivity index (χ1v) is 10.5. The van der Waals surface area contributed by atoms with Crippen molar-refractivity contribution in [2.45, 2.75) is 27.7 Å². The minimum atomic E-state index is -0.387. The number of nitrogens with one attached hydrogen (secondary N) is 2. The zero-order chi connectivity index (χ0) is 21.7. The average molecular weight is 422 g/mol. The molecule has 0 aliphatic heterocycles. The van der Waals surface area contributed by atoms with E-state index < -0.39 is 0 Å². The molecule has 0 spiro atoms. The van der Waals surface area contributed by atoms with Crippen LogP contribution in [0.3, 0.4) is 0 Å². The van der Waals surface area contributed by atoms with Crippen molar-refractivity contribution in [2.24, 2.45) is 0 Å². The Labute approximate surface area is 183 Å². The molecule has 0 fully saturated rings. The molecule has 0 atom stereocenters. The van der Waals surface area contributed by atoms with Gasteiger partial charge >= 0.3 is 0 Å². The van der Waals surface area contributed by atoms with E-state index in [2.05, 4.69) is 36.3 Å². The van der Waals surface area contributed by atoms with Crippen LogP contribution in [-0.2, 0) is 0 Å². The molecule has 30 heavy (non-hydrogen) atoms. The highest BCUT2D eigenvalue weighted by Gasteiger charge is 2.14. The topological polar surface area (TPSA) is 57.5 Å². The molecule has 0 saturated heterocycles. The molecule has 2 N–H and O–H groups in total. The van der Waals surface area contributed by atoms with Gasteiger partial charge < -0.3 is 14.6 Å². The summed E-state index contributed by atoms with van der Waals surface area (Å²) >= 11 is 5.28. The molecule has 5 nitrogen and oxygen atoms in total. The second-order valence-electron chi connectivity index (χ2n) is 7.09. The molecule has 156 valence electrons. The van der Waals surface area contributed by atoms with Gasteiger partial charge in [0.1, 0.15) is 5.76 Å². The maximum Gasteiger partial charge on any atom is 0.293 e. The van der Waals surface area contributed by atoms with E-state index in [-0.39, 0.29) is 16.8 Å². The van der Waals surface area contributed by atoms with Crippen LogP contribution < -0.4 is 15.5 Å². The van der Waals surface area contributed by atoms with Crippen molar-refractivity contribution in [1.82, 2.24) is 5.32 Å². The first-order chi connectivity index (χ1) is 14.4. The van der Waals surface area contributed by atoms with Crippen molar-refractivity contribution in [3.05, 3.63) is 71.5 Å². The van der Waals surface area contributed by atoms with Crippen LogP contribution >= 0.6 is 12.2 Å². The Hall–Kier alpha value is -3.12. The third-order valence-corrected chi connectivity index (χ3v) is 5.31. The van der Waals surface area contributed by atoms with Gasteiger partial charge in [0.25, 0.3) is 5.91 Å². The highest BCUT2D eigenvalue weighted by atomic mass is 32.1. The van der Waals surface area contributed by atoms with Crippen LogP contribution in [0, 0.1) is 13.8 Å². The molecule has 1 aromatic heterocycles. The number of carbonyl (C=O) groups excluding carboxylic acids is 1. The summed E-state index contributed by atoms with van der Waals surface area (Å²) in [4.78, 5) is 14.8. The van der Waals surface area contributed by atoms with Crippen molar-refractivity contribution < 1.29 is 9.21 Å². The predicted molar refractivity (Wildman–Crippen MR) is 127 cm³/mol. The Balaban J connectivity index is 1.61. The zero-order valence-electron chi connectivity index (χ0n) is 17.8.